The molecule has 0 amide bonds. The van der Waals surface area contributed by atoms with E-state index in [1.165, 1.54) is 31.3 Å². The fraction of sp³-hybridized carbons (Fsp3) is 0.0556. The lowest BCUT2D eigenvalue weighted by Crippen LogP contribution is -1.83. The minimum Gasteiger partial charge on any atom is -0.256 e. The van der Waals surface area contributed by atoms with Gasteiger partial charge < -0.3 is 0 Å². The molecule has 0 aliphatic carbocycles. The summed E-state index contributed by atoms with van der Waals surface area (Å²) in [6.07, 6.45) is 1.92. The Morgan fingerprint density at radius 1 is 0.850 bits per heavy atom. The second-order valence-electron chi connectivity index (χ2n) is 5.03. The third-order valence-corrected chi connectivity index (χ3v) is 4.72. The lowest BCUT2D eigenvalue weighted by atomic mass is 10.1. The SMILES string of the molecule is Cc1ccc(-c2ccc3c(c2)sc2ccccc23)nc1. The summed E-state index contributed by atoms with van der Waals surface area (Å²) in [7, 11) is 0. The van der Waals surface area contributed by atoms with Gasteiger partial charge in [-0.3, -0.25) is 4.98 Å². The molecule has 0 aliphatic rings. The molecular weight excluding hydrogens is 262 g/mol. The van der Waals surface area contributed by atoms with E-state index < -0.39 is 0 Å². The molecule has 1 nitrogen and oxygen atoms in total. The van der Waals surface area contributed by atoms with Crippen molar-refractivity contribution in [3.63, 3.8) is 0 Å². The summed E-state index contributed by atoms with van der Waals surface area (Å²) in [6.45, 7) is 2.06. The minimum absolute atomic E-state index is 1.04. The minimum atomic E-state index is 1.04. The molecule has 96 valence electrons. The molecule has 0 atom stereocenters. The lowest BCUT2D eigenvalue weighted by Gasteiger charge is -2.01. The van der Waals surface area contributed by atoms with Crippen LogP contribution in [0.5, 0.6) is 0 Å². The van der Waals surface area contributed by atoms with Crippen molar-refractivity contribution in [2.24, 2.45) is 0 Å². The number of nitrogens with zero attached hydrogens (tertiary/aromatic N) is 1. The molecule has 0 radical (unpaired) electrons. The Morgan fingerprint density at radius 3 is 2.55 bits per heavy atom. The van der Waals surface area contributed by atoms with E-state index in [1.54, 1.807) is 0 Å². The van der Waals surface area contributed by atoms with Gasteiger partial charge >= 0.3 is 0 Å². The van der Waals surface area contributed by atoms with Gasteiger partial charge in [-0.1, -0.05) is 36.4 Å². The van der Waals surface area contributed by atoms with E-state index in [0.717, 1.165) is 5.69 Å². The Balaban J connectivity index is 1.94. The zero-order valence-electron chi connectivity index (χ0n) is 11.1. The largest absolute Gasteiger partial charge is 0.256 e. The monoisotopic (exact) mass is 275 g/mol. The van der Waals surface area contributed by atoms with Crippen LogP contribution in [0.1, 0.15) is 5.56 Å². The smallest absolute Gasteiger partial charge is 0.0702 e. The zero-order valence-corrected chi connectivity index (χ0v) is 11.9. The van der Waals surface area contributed by atoms with Crippen molar-refractivity contribution in [1.82, 2.24) is 4.98 Å². The van der Waals surface area contributed by atoms with Gasteiger partial charge in [-0.15, -0.1) is 11.3 Å². The highest BCUT2D eigenvalue weighted by Gasteiger charge is 2.06. The maximum absolute atomic E-state index is 4.51. The fourth-order valence-corrected chi connectivity index (χ4v) is 3.67. The number of benzene rings is 2. The van der Waals surface area contributed by atoms with Gasteiger partial charge in [0, 0.05) is 31.9 Å². The quantitative estimate of drug-likeness (QED) is 0.451. The van der Waals surface area contributed by atoms with Gasteiger partial charge in [0.15, 0.2) is 0 Å². The molecule has 2 heteroatoms. The summed E-state index contributed by atoms with van der Waals surface area (Å²) in [6, 6.07) is 19.4. The van der Waals surface area contributed by atoms with E-state index in [9.17, 15) is 0 Å². The maximum atomic E-state index is 4.51. The summed E-state index contributed by atoms with van der Waals surface area (Å²) in [5.41, 5.74) is 3.41. The molecule has 4 aromatic rings. The van der Waals surface area contributed by atoms with Crippen LogP contribution in [0.3, 0.4) is 0 Å². The average molecular weight is 275 g/mol. The van der Waals surface area contributed by atoms with Gasteiger partial charge in [0.2, 0.25) is 0 Å². The van der Waals surface area contributed by atoms with Crippen LogP contribution < -0.4 is 0 Å². The molecule has 2 aromatic carbocycles. The van der Waals surface area contributed by atoms with Crippen LogP contribution in [0.15, 0.2) is 60.8 Å². The third-order valence-electron chi connectivity index (χ3n) is 3.59. The van der Waals surface area contributed by atoms with Crippen LogP contribution in [0.2, 0.25) is 0 Å². The van der Waals surface area contributed by atoms with E-state index in [-0.39, 0.29) is 0 Å². The first-order chi connectivity index (χ1) is 9.81. The maximum Gasteiger partial charge on any atom is 0.0702 e. The molecule has 0 fully saturated rings. The molecule has 0 saturated heterocycles. The number of hydrogen-bond donors (Lipinski definition) is 0. The van der Waals surface area contributed by atoms with Crippen LogP contribution in [-0.2, 0) is 0 Å². The van der Waals surface area contributed by atoms with E-state index in [4.69, 9.17) is 0 Å². The summed E-state index contributed by atoms with van der Waals surface area (Å²) in [5, 5.41) is 2.68. The number of hydrogen-bond acceptors (Lipinski definition) is 2. The molecule has 4 rings (SSSR count). The van der Waals surface area contributed by atoms with E-state index in [2.05, 4.69) is 66.5 Å². The molecule has 2 heterocycles. The molecule has 0 bridgehead atoms. The van der Waals surface area contributed by atoms with Gasteiger partial charge in [-0.05, 0) is 30.7 Å². The molecule has 0 aliphatic heterocycles. The number of fused-ring (bicyclic) bond motifs is 3. The number of aryl methyl sites for hydroxylation is 1. The predicted molar refractivity (Wildman–Crippen MR) is 87.3 cm³/mol. The molecule has 0 spiro atoms. The summed E-state index contributed by atoms with van der Waals surface area (Å²) in [5.74, 6) is 0. The number of aromatic nitrogens is 1. The topological polar surface area (TPSA) is 12.9 Å². The van der Waals surface area contributed by atoms with Gasteiger partial charge in [-0.2, -0.15) is 0 Å². The second-order valence-corrected chi connectivity index (χ2v) is 6.11. The second kappa shape index (κ2) is 4.43. The Kier molecular flexibility index (Phi) is 2.57. The molecule has 0 unspecified atom stereocenters. The van der Waals surface area contributed by atoms with Crippen molar-refractivity contribution in [3.05, 3.63) is 66.4 Å². The van der Waals surface area contributed by atoms with Crippen molar-refractivity contribution >= 4 is 31.5 Å². The lowest BCUT2D eigenvalue weighted by molar-refractivity contribution is 1.27. The first-order valence-electron chi connectivity index (χ1n) is 6.65. The highest BCUT2D eigenvalue weighted by atomic mass is 32.1. The highest BCUT2D eigenvalue weighted by molar-refractivity contribution is 7.25. The Morgan fingerprint density at radius 2 is 1.70 bits per heavy atom. The standard InChI is InChI=1S/C18H13NS/c1-12-6-9-16(19-11-12)13-7-8-15-14-4-2-3-5-17(14)20-18(15)10-13/h2-11H,1H3. The van der Waals surface area contributed by atoms with Crippen LogP contribution in [-0.4, -0.2) is 4.98 Å². The van der Waals surface area contributed by atoms with Crippen molar-refractivity contribution in [1.29, 1.82) is 0 Å². The van der Waals surface area contributed by atoms with E-state index >= 15 is 0 Å². The molecule has 20 heavy (non-hydrogen) atoms. The zero-order chi connectivity index (χ0) is 13.5. The summed E-state index contributed by atoms with van der Waals surface area (Å²) >= 11 is 1.85. The van der Waals surface area contributed by atoms with Crippen LogP contribution in [0, 0.1) is 6.92 Å². The van der Waals surface area contributed by atoms with Crippen LogP contribution >= 0.6 is 11.3 Å². The number of thiophene rings is 1. The molecule has 0 saturated carbocycles. The Bertz CT molecular complexity index is 904. The van der Waals surface area contributed by atoms with Gasteiger partial charge in [0.25, 0.3) is 0 Å². The highest BCUT2D eigenvalue weighted by Crippen LogP contribution is 2.35. The van der Waals surface area contributed by atoms with Gasteiger partial charge in [0.1, 0.15) is 0 Å². The van der Waals surface area contributed by atoms with Crippen LogP contribution in [0.25, 0.3) is 31.4 Å². The average Bonchev–Trinajstić information content (AvgIpc) is 2.85. The van der Waals surface area contributed by atoms with Crippen molar-refractivity contribution in [2.75, 3.05) is 0 Å². The predicted octanol–water partition coefficient (Wildman–Crippen LogP) is 5.42. The normalized spacial score (nSPS) is 11.2. The van der Waals surface area contributed by atoms with E-state index in [0.29, 0.717) is 0 Å². The van der Waals surface area contributed by atoms with Crippen molar-refractivity contribution in [2.45, 2.75) is 6.92 Å². The van der Waals surface area contributed by atoms with Crippen molar-refractivity contribution < 1.29 is 0 Å². The summed E-state index contributed by atoms with van der Waals surface area (Å²) in [4.78, 5) is 4.51. The molecule has 0 N–H and O–H groups in total. The number of rotatable bonds is 1. The first kappa shape index (κ1) is 11.6. The molecule has 2 aromatic heterocycles. The first-order valence-corrected chi connectivity index (χ1v) is 7.47. The summed E-state index contributed by atoms with van der Waals surface area (Å²) < 4.78 is 2.67. The molecular formula is C18H13NS. The van der Waals surface area contributed by atoms with Gasteiger partial charge in [-0.25, -0.2) is 0 Å². The number of pyridine rings is 1. The Hall–Kier alpha value is -2.19. The van der Waals surface area contributed by atoms with Crippen molar-refractivity contribution in [3.8, 4) is 11.3 Å². The van der Waals surface area contributed by atoms with E-state index in [1.807, 2.05) is 17.5 Å². The Labute approximate surface area is 121 Å². The third kappa shape index (κ3) is 1.81. The van der Waals surface area contributed by atoms with Gasteiger partial charge in [0.05, 0.1) is 5.69 Å². The fourth-order valence-electron chi connectivity index (χ4n) is 2.52. The van der Waals surface area contributed by atoms with Crippen LogP contribution in [0.4, 0.5) is 0 Å².